The van der Waals surface area contributed by atoms with E-state index in [1.165, 1.54) is 5.56 Å². The first-order chi connectivity index (χ1) is 11.2. The van der Waals surface area contributed by atoms with Crippen LogP contribution < -0.4 is 4.90 Å². The van der Waals surface area contributed by atoms with Crippen molar-refractivity contribution in [3.05, 3.63) is 64.7 Å². The lowest BCUT2D eigenvalue weighted by molar-refractivity contribution is -0.120. The predicted molar refractivity (Wildman–Crippen MR) is 94.0 cm³/mol. The van der Waals surface area contributed by atoms with Gasteiger partial charge >= 0.3 is 0 Å². The number of rotatable bonds is 2. The Morgan fingerprint density at radius 1 is 1.13 bits per heavy atom. The summed E-state index contributed by atoms with van der Waals surface area (Å²) in [7, 11) is 0. The first-order valence-electron chi connectivity index (χ1n) is 8.32. The molecule has 2 aliphatic rings. The number of amides is 1. The van der Waals surface area contributed by atoms with Crippen LogP contribution in [0.4, 0.5) is 5.69 Å². The fourth-order valence-corrected chi connectivity index (χ4v) is 4.07. The van der Waals surface area contributed by atoms with Crippen LogP contribution in [0.2, 0.25) is 5.02 Å². The highest BCUT2D eigenvalue weighted by Gasteiger charge is 2.48. The van der Waals surface area contributed by atoms with Gasteiger partial charge in [-0.1, -0.05) is 48.0 Å². The van der Waals surface area contributed by atoms with Gasteiger partial charge in [0.25, 0.3) is 0 Å². The Kier molecular flexibility index (Phi) is 3.65. The number of halogens is 1. The van der Waals surface area contributed by atoms with E-state index in [1.54, 1.807) is 0 Å². The minimum atomic E-state index is 0.0727. The van der Waals surface area contributed by atoms with Crippen LogP contribution in [-0.4, -0.2) is 11.9 Å². The molecule has 2 nitrogen and oxygen atoms in total. The van der Waals surface area contributed by atoms with E-state index in [1.807, 2.05) is 35.2 Å². The molecule has 1 aliphatic carbocycles. The molecule has 0 saturated heterocycles. The van der Waals surface area contributed by atoms with Crippen molar-refractivity contribution in [1.82, 2.24) is 0 Å². The summed E-state index contributed by atoms with van der Waals surface area (Å²) in [5.41, 5.74) is 3.50. The molecule has 3 heteroatoms. The molecule has 3 unspecified atom stereocenters. The molecule has 0 aromatic heterocycles. The van der Waals surface area contributed by atoms with Gasteiger partial charge in [0.15, 0.2) is 0 Å². The Morgan fingerprint density at radius 2 is 1.87 bits per heavy atom. The van der Waals surface area contributed by atoms with E-state index < -0.39 is 0 Å². The molecule has 1 saturated carbocycles. The highest BCUT2D eigenvalue weighted by atomic mass is 35.5. The number of anilines is 1. The summed E-state index contributed by atoms with van der Waals surface area (Å²) in [5.74, 6) is 0.607. The van der Waals surface area contributed by atoms with E-state index in [9.17, 15) is 4.79 Å². The number of carbonyl (C=O) groups is 1. The molecule has 2 aromatic rings. The lowest BCUT2D eigenvalue weighted by Crippen LogP contribution is -2.43. The monoisotopic (exact) mass is 325 g/mol. The fraction of sp³-hybridized carbons (Fsp3) is 0.350. The first-order valence-corrected chi connectivity index (χ1v) is 8.70. The van der Waals surface area contributed by atoms with Crippen molar-refractivity contribution >= 4 is 23.2 Å². The summed E-state index contributed by atoms with van der Waals surface area (Å²) < 4.78 is 0. The lowest BCUT2D eigenvalue weighted by Gasteiger charge is -2.35. The van der Waals surface area contributed by atoms with Crippen LogP contribution >= 0.6 is 11.6 Å². The summed E-state index contributed by atoms with van der Waals surface area (Å²) >= 11 is 6.30. The SMILES string of the molecule is CC1CCc2ccccc2N1C(=O)C1CC1c1ccccc1Cl. The summed E-state index contributed by atoms with van der Waals surface area (Å²) in [6.45, 7) is 2.15. The molecule has 0 bridgehead atoms. The van der Waals surface area contributed by atoms with Crippen LogP contribution in [0, 0.1) is 5.92 Å². The van der Waals surface area contributed by atoms with Crippen molar-refractivity contribution in [3.8, 4) is 0 Å². The molecule has 0 spiro atoms. The third kappa shape index (κ3) is 2.55. The molecule has 23 heavy (non-hydrogen) atoms. The van der Waals surface area contributed by atoms with Gasteiger partial charge in [0.1, 0.15) is 0 Å². The van der Waals surface area contributed by atoms with E-state index >= 15 is 0 Å². The van der Waals surface area contributed by atoms with Gasteiger partial charge in [-0.15, -0.1) is 0 Å². The van der Waals surface area contributed by atoms with Gasteiger partial charge in [0, 0.05) is 22.7 Å². The first kappa shape index (κ1) is 14.8. The summed E-state index contributed by atoms with van der Waals surface area (Å²) in [6.07, 6.45) is 3.00. The zero-order valence-electron chi connectivity index (χ0n) is 13.2. The van der Waals surface area contributed by atoms with Crippen LogP contribution in [-0.2, 0) is 11.2 Å². The van der Waals surface area contributed by atoms with Crippen molar-refractivity contribution in [2.45, 2.75) is 38.1 Å². The molecule has 2 aromatic carbocycles. The lowest BCUT2D eigenvalue weighted by atomic mass is 9.96. The quantitative estimate of drug-likeness (QED) is 0.775. The van der Waals surface area contributed by atoms with Crippen LogP contribution in [0.25, 0.3) is 0 Å². The maximum Gasteiger partial charge on any atom is 0.230 e. The fourth-order valence-electron chi connectivity index (χ4n) is 3.79. The number of aryl methyl sites for hydroxylation is 1. The van der Waals surface area contributed by atoms with Gasteiger partial charge in [-0.25, -0.2) is 0 Å². The second kappa shape index (κ2) is 5.68. The van der Waals surface area contributed by atoms with Crippen molar-refractivity contribution < 1.29 is 4.79 Å². The van der Waals surface area contributed by atoms with Crippen molar-refractivity contribution in [1.29, 1.82) is 0 Å². The van der Waals surface area contributed by atoms with Crippen LogP contribution in [0.15, 0.2) is 48.5 Å². The molecule has 0 radical (unpaired) electrons. The van der Waals surface area contributed by atoms with E-state index in [0.29, 0.717) is 0 Å². The van der Waals surface area contributed by atoms with Crippen molar-refractivity contribution in [2.24, 2.45) is 5.92 Å². The van der Waals surface area contributed by atoms with Crippen LogP contribution in [0.3, 0.4) is 0 Å². The second-order valence-electron chi connectivity index (χ2n) is 6.69. The van der Waals surface area contributed by atoms with Gasteiger partial charge in [0.05, 0.1) is 0 Å². The maximum absolute atomic E-state index is 13.1. The molecule has 4 rings (SSSR count). The number of fused-ring (bicyclic) bond motifs is 1. The van der Waals surface area contributed by atoms with E-state index in [0.717, 1.165) is 35.5 Å². The molecule has 1 fully saturated rings. The normalized spacial score (nSPS) is 25.8. The highest BCUT2D eigenvalue weighted by Crippen LogP contribution is 2.51. The molecule has 118 valence electrons. The van der Waals surface area contributed by atoms with Gasteiger partial charge in [-0.3, -0.25) is 4.79 Å². The zero-order chi connectivity index (χ0) is 16.0. The Labute approximate surface area is 142 Å². The maximum atomic E-state index is 13.1. The minimum Gasteiger partial charge on any atom is -0.309 e. The van der Waals surface area contributed by atoms with Gasteiger partial charge < -0.3 is 4.90 Å². The van der Waals surface area contributed by atoms with Crippen molar-refractivity contribution in [2.75, 3.05) is 4.90 Å². The average Bonchev–Trinajstić information content (AvgIpc) is 3.35. The standard InChI is InChI=1S/C20H20ClNO/c1-13-10-11-14-6-2-5-9-19(14)22(13)20(23)17-12-16(17)15-7-3-4-8-18(15)21/h2-9,13,16-17H,10-12H2,1H3. The molecular formula is C20H20ClNO. The largest absolute Gasteiger partial charge is 0.309 e. The molecule has 1 aliphatic heterocycles. The third-order valence-corrected chi connectivity index (χ3v) is 5.52. The average molecular weight is 326 g/mol. The number of hydrogen-bond donors (Lipinski definition) is 0. The van der Waals surface area contributed by atoms with Gasteiger partial charge in [-0.2, -0.15) is 0 Å². The number of nitrogens with zero attached hydrogens (tertiary/aromatic N) is 1. The van der Waals surface area contributed by atoms with E-state index in [2.05, 4.69) is 25.1 Å². The summed E-state index contributed by atoms with van der Waals surface area (Å²) in [5, 5.41) is 0.778. The summed E-state index contributed by atoms with van der Waals surface area (Å²) in [4.78, 5) is 15.1. The van der Waals surface area contributed by atoms with Crippen molar-refractivity contribution in [3.63, 3.8) is 0 Å². The Bertz CT molecular complexity index is 757. The van der Waals surface area contributed by atoms with E-state index in [4.69, 9.17) is 11.6 Å². The Hall–Kier alpha value is -1.80. The second-order valence-corrected chi connectivity index (χ2v) is 7.10. The molecule has 1 amide bonds. The van der Waals surface area contributed by atoms with E-state index in [-0.39, 0.29) is 23.8 Å². The molecule has 0 N–H and O–H groups in total. The predicted octanol–water partition coefficient (Wildman–Crippen LogP) is 4.81. The highest BCUT2D eigenvalue weighted by molar-refractivity contribution is 6.31. The number of benzene rings is 2. The summed E-state index contributed by atoms with van der Waals surface area (Å²) in [6, 6.07) is 16.5. The van der Waals surface area contributed by atoms with Crippen LogP contribution in [0.5, 0.6) is 0 Å². The number of carbonyl (C=O) groups excluding carboxylic acids is 1. The topological polar surface area (TPSA) is 20.3 Å². The Balaban J connectivity index is 1.60. The number of para-hydroxylation sites is 1. The molecular weight excluding hydrogens is 306 g/mol. The van der Waals surface area contributed by atoms with Crippen LogP contribution in [0.1, 0.15) is 36.8 Å². The molecule has 3 atom stereocenters. The smallest absolute Gasteiger partial charge is 0.230 e. The molecule has 1 heterocycles. The minimum absolute atomic E-state index is 0.0727. The Morgan fingerprint density at radius 3 is 2.70 bits per heavy atom. The van der Waals surface area contributed by atoms with Gasteiger partial charge in [0.2, 0.25) is 5.91 Å². The number of hydrogen-bond acceptors (Lipinski definition) is 1. The van der Waals surface area contributed by atoms with Gasteiger partial charge in [-0.05, 0) is 55.4 Å². The zero-order valence-corrected chi connectivity index (χ0v) is 14.0. The third-order valence-electron chi connectivity index (χ3n) is 5.17.